The Kier molecular flexibility index (Phi) is 4.78. The van der Waals surface area contributed by atoms with Gasteiger partial charge in [0.15, 0.2) is 5.78 Å². The van der Waals surface area contributed by atoms with E-state index in [9.17, 15) is 14.4 Å². The normalized spacial score (nSPS) is 25.7. The highest BCUT2D eigenvalue weighted by Gasteiger charge is 2.55. The number of carbonyl (C=O) groups excluding carboxylic acids is 3. The number of imide groups is 1. The molecular formula is C20H27N3O3. The Bertz CT molecular complexity index is 780. The van der Waals surface area contributed by atoms with Gasteiger partial charge in [0.05, 0.1) is 6.54 Å². The number of amides is 3. The van der Waals surface area contributed by atoms with Crippen molar-refractivity contribution in [2.45, 2.75) is 58.5 Å². The molecule has 6 heteroatoms. The van der Waals surface area contributed by atoms with E-state index in [0.717, 1.165) is 35.6 Å². The van der Waals surface area contributed by atoms with Gasteiger partial charge in [-0.1, -0.05) is 25.8 Å². The lowest BCUT2D eigenvalue weighted by Gasteiger charge is -2.36. The summed E-state index contributed by atoms with van der Waals surface area (Å²) in [5.74, 6) is -0.370. The van der Waals surface area contributed by atoms with E-state index in [4.69, 9.17) is 0 Å². The van der Waals surface area contributed by atoms with Gasteiger partial charge in [-0.15, -0.1) is 6.58 Å². The summed E-state index contributed by atoms with van der Waals surface area (Å²) in [7, 11) is 0. The lowest BCUT2D eigenvalue weighted by Crippen LogP contribution is -2.54. The summed E-state index contributed by atoms with van der Waals surface area (Å²) in [6.45, 7) is 9.96. The van der Waals surface area contributed by atoms with Crippen molar-refractivity contribution in [1.29, 1.82) is 0 Å². The van der Waals surface area contributed by atoms with E-state index in [1.807, 2.05) is 31.4 Å². The Morgan fingerprint density at radius 1 is 1.38 bits per heavy atom. The van der Waals surface area contributed by atoms with Gasteiger partial charge in [0, 0.05) is 23.5 Å². The average Bonchev–Trinajstić information content (AvgIpc) is 3.01. The first-order valence-electron chi connectivity index (χ1n) is 9.26. The summed E-state index contributed by atoms with van der Waals surface area (Å²) in [6.07, 6.45) is 5.33. The molecule has 2 atom stereocenters. The molecule has 1 aromatic heterocycles. The van der Waals surface area contributed by atoms with Crippen molar-refractivity contribution in [3.63, 3.8) is 0 Å². The topological polar surface area (TPSA) is 71.4 Å². The van der Waals surface area contributed by atoms with Crippen molar-refractivity contribution in [3.05, 3.63) is 35.7 Å². The minimum absolute atomic E-state index is 0.0884. The van der Waals surface area contributed by atoms with E-state index in [1.165, 1.54) is 0 Å². The van der Waals surface area contributed by atoms with E-state index in [1.54, 1.807) is 6.08 Å². The quantitative estimate of drug-likeness (QED) is 0.500. The second kappa shape index (κ2) is 6.74. The van der Waals surface area contributed by atoms with E-state index in [-0.39, 0.29) is 24.2 Å². The number of nitrogens with zero attached hydrogens (tertiary/aromatic N) is 2. The molecule has 0 bridgehead atoms. The number of aromatic nitrogens is 1. The molecule has 6 nitrogen and oxygen atoms in total. The Morgan fingerprint density at radius 2 is 2.12 bits per heavy atom. The number of rotatable bonds is 5. The third kappa shape index (κ3) is 2.77. The van der Waals surface area contributed by atoms with Gasteiger partial charge < -0.3 is 9.88 Å². The van der Waals surface area contributed by atoms with Crippen molar-refractivity contribution in [2.75, 3.05) is 6.54 Å². The standard InChI is InChI=1S/C20H27N3O3/c1-5-10-22-14(3)11-16(15(22)4)17(24)12-23-18(25)20(21-19(23)26)9-7-6-8-13(20)2/h5,11,13H,1,6-10,12H2,2-4H3,(H,21,26). The molecule has 1 N–H and O–H groups in total. The summed E-state index contributed by atoms with van der Waals surface area (Å²) in [4.78, 5) is 39.4. The van der Waals surface area contributed by atoms with Crippen LogP contribution in [-0.4, -0.2) is 39.3 Å². The summed E-state index contributed by atoms with van der Waals surface area (Å²) >= 11 is 0. The summed E-state index contributed by atoms with van der Waals surface area (Å²) in [5, 5.41) is 2.89. The van der Waals surface area contributed by atoms with Crippen LogP contribution in [0.2, 0.25) is 0 Å². The van der Waals surface area contributed by atoms with Crippen LogP contribution in [0.1, 0.15) is 54.4 Å². The smallest absolute Gasteiger partial charge is 0.325 e. The van der Waals surface area contributed by atoms with Crippen LogP contribution >= 0.6 is 0 Å². The predicted octanol–water partition coefficient (Wildman–Crippen LogP) is 2.97. The van der Waals surface area contributed by atoms with Gasteiger partial charge in [-0.25, -0.2) is 4.79 Å². The molecule has 1 saturated carbocycles. The molecule has 2 unspecified atom stereocenters. The maximum absolute atomic E-state index is 13.0. The molecule has 3 amide bonds. The average molecular weight is 357 g/mol. The lowest BCUT2D eigenvalue weighted by molar-refractivity contribution is -0.133. The van der Waals surface area contributed by atoms with Crippen molar-refractivity contribution < 1.29 is 14.4 Å². The molecule has 1 aliphatic heterocycles. The fourth-order valence-corrected chi connectivity index (χ4v) is 4.36. The minimum Gasteiger partial charge on any atom is -0.345 e. The Hall–Kier alpha value is -2.37. The molecule has 1 saturated heterocycles. The van der Waals surface area contributed by atoms with Gasteiger partial charge in [0.1, 0.15) is 5.54 Å². The van der Waals surface area contributed by atoms with Gasteiger partial charge in [-0.3, -0.25) is 14.5 Å². The maximum Gasteiger partial charge on any atom is 0.325 e. The second-order valence-electron chi connectivity index (χ2n) is 7.55. The van der Waals surface area contributed by atoms with Crippen molar-refractivity contribution in [2.24, 2.45) is 5.92 Å². The number of allylic oxidation sites excluding steroid dienone is 1. The van der Waals surface area contributed by atoms with Crippen LogP contribution < -0.4 is 5.32 Å². The molecule has 0 radical (unpaired) electrons. The first-order valence-corrected chi connectivity index (χ1v) is 9.26. The van der Waals surface area contributed by atoms with Gasteiger partial charge >= 0.3 is 6.03 Å². The minimum atomic E-state index is -0.824. The highest BCUT2D eigenvalue weighted by Crippen LogP contribution is 2.38. The summed E-state index contributed by atoms with van der Waals surface area (Å²) in [6, 6.07) is 1.37. The van der Waals surface area contributed by atoms with Crippen LogP contribution in [0.3, 0.4) is 0 Å². The number of ketones is 1. The van der Waals surface area contributed by atoms with Gasteiger partial charge in [-0.2, -0.15) is 0 Å². The van der Waals surface area contributed by atoms with Crippen molar-refractivity contribution in [1.82, 2.24) is 14.8 Å². The highest BCUT2D eigenvalue weighted by atomic mass is 16.2. The lowest BCUT2D eigenvalue weighted by atomic mass is 9.73. The molecule has 1 aliphatic carbocycles. The maximum atomic E-state index is 13.0. The fraction of sp³-hybridized carbons (Fsp3) is 0.550. The van der Waals surface area contributed by atoms with E-state index in [0.29, 0.717) is 18.5 Å². The number of urea groups is 1. The number of Topliss-reactive ketones (excluding diaryl/α,β-unsaturated/α-hetero) is 1. The largest absolute Gasteiger partial charge is 0.345 e. The number of hydrogen-bond acceptors (Lipinski definition) is 3. The van der Waals surface area contributed by atoms with Crippen LogP contribution in [0.15, 0.2) is 18.7 Å². The molecular weight excluding hydrogens is 330 g/mol. The molecule has 3 rings (SSSR count). The zero-order chi connectivity index (χ0) is 19.1. The third-order valence-electron chi connectivity index (χ3n) is 5.99. The highest BCUT2D eigenvalue weighted by molar-refractivity contribution is 6.11. The van der Waals surface area contributed by atoms with E-state index >= 15 is 0 Å². The number of carbonyl (C=O) groups is 3. The van der Waals surface area contributed by atoms with Crippen molar-refractivity contribution in [3.8, 4) is 0 Å². The molecule has 0 aromatic carbocycles. The zero-order valence-electron chi connectivity index (χ0n) is 15.8. The van der Waals surface area contributed by atoms with Crippen LogP contribution in [0.25, 0.3) is 0 Å². The molecule has 2 aliphatic rings. The molecule has 1 aromatic rings. The van der Waals surface area contributed by atoms with Gasteiger partial charge in [0.2, 0.25) is 0 Å². The predicted molar refractivity (Wildman–Crippen MR) is 99.0 cm³/mol. The van der Waals surface area contributed by atoms with Crippen LogP contribution in [0, 0.1) is 19.8 Å². The Balaban J connectivity index is 1.82. The zero-order valence-corrected chi connectivity index (χ0v) is 15.8. The van der Waals surface area contributed by atoms with E-state index in [2.05, 4.69) is 11.9 Å². The van der Waals surface area contributed by atoms with E-state index < -0.39 is 11.6 Å². The van der Waals surface area contributed by atoms with Crippen LogP contribution in [0.5, 0.6) is 0 Å². The Morgan fingerprint density at radius 3 is 2.77 bits per heavy atom. The van der Waals surface area contributed by atoms with Crippen LogP contribution in [-0.2, 0) is 11.3 Å². The van der Waals surface area contributed by atoms with Crippen molar-refractivity contribution >= 4 is 17.7 Å². The van der Waals surface area contributed by atoms with Gasteiger partial charge in [-0.05, 0) is 38.7 Å². The number of aryl methyl sites for hydroxylation is 1. The third-order valence-corrected chi connectivity index (χ3v) is 5.99. The number of nitrogens with one attached hydrogen (secondary N) is 1. The number of hydrogen-bond donors (Lipinski definition) is 1. The molecule has 2 heterocycles. The van der Waals surface area contributed by atoms with Crippen LogP contribution in [0.4, 0.5) is 4.79 Å². The second-order valence-corrected chi connectivity index (χ2v) is 7.55. The van der Waals surface area contributed by atoms with Gasteiger partial charge in [0.25, 0.3) is 5.91 Å². The Labute approximate surface area is 154 Å². The molecule has 2 fully saturated rings. The summed E-state index contributed by atoms with van der Waals surface area (Å²) in [5.41, 5.74) is 1.53. The first kappa shape index (κ1) is 18.4. The monoisotopic (exact) mass is 357 g/mol. The summed E-state index contributed by atoms with van der Waals surface area (Å²) < 4.78 is 2.00. The fourth-order valence-electron chi connectivity index (χ4n) is 4.36. The molecule has 26 heavy (non-hydrogen) atoms. The molecule has 1 spiro atoms. The first-order chi connectivity index (χ1) is 12.3. The molecule has 140 valence electrons. The SMILES string of the molecule is C=CCn1c(C)cc(C(=O)CN2C(=O)NC3(CCCCC3C)C2=O)c1C.